The van der Waals surface area contributed by atoms with Crippen molar-refractivity contribution in [1.29, 1.82) is 0 Å². The molecule has 0 fully saturated rings. The molecular weight excluding hydrogens is 263 g/mol. The van der Waals surface area contributed by atoms with Gasteiger partial charge in [-0.3, -0.25) is 0 Å². The molecule has 84 valence electrons. The van der Waals surface area contributed by atoms with Gasteiger partial charge in [-0.2, -0.15) is 0 Å². The van der Waals surface area contributed by atoms with E-state index in [4.69, 9.17) is 23.2 Å². The lowest BCUT2D eigenvalue weighted by Crippen LogP contribution is -2.04. The Morgan fingerprint density at radius 1 is 1.31 bits per heavy atom. The number of aromatic nitrogens is 1. The molecule has 2 nitrogen and oxygen atoms in total. The number of nitrogens with one attached hydrogen (secondary N) is 1. The highest BCUT2D eigenvalue weighted by Gasteiger charge is 2.01. The molecule has 2 aromatic rings. The van der Waals surface area contributed by atoms with Crippen LogP contribution < -0.4 is 5.32 Å². The fraction of sp³-hybridized carbons (Fsp3) is 0.182. The van der Waals surface area contributed by atoms with E-state index in [1.807, 2.05) is 23.7 Å². The Morgan fingerprint density at radius 2 is 2.19 bits per heavy atom. The molecule has 0 aliphatic heterocycles. The van der Waals surface area contributed by atoms with E-state index in [9.17, 15) is 0 Å². The quantitative estimate of drug-likeness (QED) is 0.907. The van der Waals surface area contributed by atoms with Crippen molar-refractivity contribution in [3.8, 4) is 0 Å². The van der Waals surface area contributed by atoms with Gasteiger partial charge in [0.1, 0.15) is 0 Å². The Labute approximate surface area is 108 Å². The molecule has 0 aliphatic carbocycles. The fourth-order valence-electron chi connectivity index (χ4n) is 1.31. The minimum Gasteiger partial charge on any atom is -0.383 e. The van der Waals surface area contributed by atoms with Gasteiger partial charge < -0.3 is 5.32 Å². The van der Waals surface area contributed by atoms with E-state index in [1.54, 1.807) is 17.4 Å². The zero-order valence-electron chi connectivity index (χ0n) is 8.41. The minimum absolute atomic E-state index is 0.645. The number of thiazole rings is 1. The Morgan fingerprint density at radius 3 is 2.88 bits per heavy atom. The molecule has 0 bridgehead atoms. The molecule has 0 spiro atoms. The van der Waals surface area contributed by atoms with Gasteiger partial charge in [0.05, 0.1) is 15.7 Å². The van der Waals surface area contributed by atoms with Crippen molar-refractivity contribution in [3.05, 3.63) is 44.8 Å². The second-order valence-electron chi connectivity index (χ2n) is 3.23. The number of anilines is 1. The van der Waals surface area contributed by atoms with Crippen LogP contribution in [0.15, 0.2) is 29.8 Å². The number of hydrogen-bond acceptors (Lipinski definition) is 3. The van der Waals surface area contributed by atoms with Crippen LogP contribution in [0.4, 0.5) is 5.69 Å². The van der Waals surface area contributed by atoms with Crippen LogP contribution in [0.3, 0.4) is 0 Å². The van der Waals surface area contributed by atoms with Gasteiger partial charge in [-0.05, 0) is 18.2 Å². The molecule has 0 saturated carbocycles. The van der Waals surface area contributed by atoms with Gasteiger partial charge in [0.2, 0.25) is 0 Å². The number of hydrogen-bond donors (Lipinski definition) is 1. The Balaban J connectivity index is 1.90. The van der Waals surface area contributed by atoms with Gasteiger partial charge >= 0.3 is 0 Å². The van der Waals surface area contributed by atoms with Crippen molar-refractivity contribution < 1.29 is 0 Å². The Hall–Kier alpha value is -0.770. The Bertz CT molecular complexity index is 457. The molecule has 5 heteroatoms. The summed E-state index contributed by atoms with van der Waals surface area (Å²) in [6, 6.07) is 5.43. The summed E-state index contributed by atoms with van der Waals surface area (Å²) in [5, 5.41) is 7.65. The highest BCUT2D eigenvalue weighted by atomic mass is 35.5. The zero-order chi connectivity index (χ0) is 11.4. The molecule has 1 aromatic carbocycles. The van der Waals surface area contributed by atoms with Crippen molar-refractivity contribution >= 4 is 40.2 Å². The molecule has 2 rings (SSSR count). The van der Waals surface area contributed by atoms with Crippen molar-refractivity contribution in [2.75, 3.05) is 11.9 Å². The van der Waals surface area contributed by atoms with Gasteiger partial charge in [-0.15, -0.1) is 11.3 Å². The van der Waals surface area contributed by atoms with Crippen LogP contribution in [0.5, 0.6) is 0 Å². The fourth-order valence-corrected chi connectivity index (χ4v) is 2.41. The van der Waals surface area contributed by atoms with Gasteiger partial charge in [-0.1, -0.05) is 23.2 Å². The summed E-state index contributed by atoms with van der Waals surface area (Å²) >= 11 is 13.5. The molecule has 16 heavy (non-hydrogen) atoms. The summed E-state index contributed by atoms with van der Waals surface area (Å²) in [5.74, 6) is 0. The first kappa shape index (κ1) is 11.7. The third kappa shape index (κ3) is 3.11. The first-order valence-corrected chi connectivity index (χ1v) is 6.46. The molecule has 1 heterocycles. The highest BCUT2D eigenvalue weighted by Crippen LogP contribution is 2.25. The van der Waals surface area contributed by atoms with Gasteiger partial charge in [0.25, 0.3) is 0 Å². The lowest BCUT2D eigenvalue weighted by atomic mass is 10.3. The molecule has 1 aromatic heterocycles. The van der Waals surface area contributed by atoms with Crippen LogP contribution in [-0.4, -0.2) is 11.5 Å². The highest BCUT2D eigenvalue weighted by molar-refractivity contribution is 7.09. The second-order valence-corrected chi connectivity index (χ2v) is 5.05. The first-order valence-electron chi connectivity index (χ1n) is 4.83. The topological polar surface area (TPSA) is 24.9 Å². The van der Waals surface area contributed by atoms with E-state index < -0.39 is 0 Å². The van der Waals surface area contributed by atoms with Gasteiger partial charge in [0.15, 0.2) is 0 Å². The van der Waals surface area contributed by atoms with Crippen LogP contribution in [0.25, 0.3) is 0 Å². The molecule has 0 atom stereocenters. The molecule has 0 aliphatic rings. The van der Waals surface area contributed by atoms with Crippen molar-refractivity contribution in [1.82, 2.24) is 4.98 Å². The van der Waals surface area contributed by atoms with Crippen LogP contribution in [0, 0.1) is 0 Å². The maximum atomic E-state index is 6.03. The zero-order valence-corrected chi connectivity index (χ0v) is 10.7. The molecule has 1 N–H and O–H groups in total. The first-order chi connectivity index (χ1) is 7.75. The summed E-state index contributed by atoms with van der Waals surface area (Å²) in [6.07, 6.45) is 2.71. The second kappa shape index (κ2) is 5.53. The largest absolute Gasteiger partial charge is 0.383 e. The summed E-state index contributed by atoms with van der Waals surface area (Å²) < 4.78 is 0. The molecule has 0 saturated heterocycles. The van der Waals surface area contributed by atoms with Crippen molar-refractivity contribution in [3.63, 3.8) is 0 Å². The van der Waals surface area contributed by atoms with E-state index in [0.717, 1.165) is 23.7 Å². The lowest BCUT2D eigenvalue weighted by molar-refractivity contribution is 0.998. The number of nitrogens with zero attached hydrogens (tertiary/aromatic N) is 1. The number of rotatable bonds is 4. The molecule has 0 radical (unpaired) electrons. The maximum Gasteiger partial charge on any atom is 0.0942 e. The minimum atomic E-state index is 0.645. The van der Waals surface area contributed by atoms with Crippen LogP contribution in [0.2, 0.25) is 10.0 Å². The Kier molecular flexibility index (Phi) is 4.04. The van der Waals surface area contributed by atoms with Gasteiger partial charge in [0, 0.05) is 29.6 Å². The van der Waals surface area contributed by atoms with E-state index in [-0.39, 0.29) is 0 Å². The van der Waals surface area contributed by atoms with Crippen LogP contribution in [0.1, 0.15) is 5.01 Å². The summed E-state index contributed by atoms with van der Waals surface area (Å²) in [7, 11) is 0. The predicted octanol–water partition coefficient (Wildman–Crippen LogP) is 4.10. The SMILES string of the molecule is Clc1ccc(NCCc2nccs2)c(Cl)c1. The molecule has 0 unspecified atom stereocenters. The summed E-state index contributed by atoms with van der Waals surface area (Å²) in [4.78, 5) is 4.21. The van der Waals surface area contributed by atoms with Crippen molar-refractivity contribution in [2.24, 2.45) is 0 Å². The van der Waals surface area contributed by atoms with E-state index >= 15 is 0 Å². The van der Waals surface area contributed by atoms with E-state index in [0.29, 0.717) is 10.0 Å². The van der Waals surface area contributed by atoms with Crippen molar-refractivity contribution in [2.45, 2.75) is 6.42 Å². The lowest BCUT2D eigenvalue weighted by Gasteiger charge is -2.07. The predicted molar refractivity (Wildman–Crippen MR) is 70.8 cm³/mol. The third-order valence-corrected chi connectivity index (χ3v) is 3.46. The molecular formula is C11H10Cl2N2S. The van der Waals surface area contributed by atoms with E-state index in [1.165, 1.54) is 0 Å². The standard InChI is InChI=1S/C11H10Cl2N2S/c12-8-1-2-10(9(13)7-8)14-4-3-11-15-5-6-16-11/h1-2,5-7,14H,3-4H2. The molecule has 0 amide bonds. The average Bonchev–Trinajstić information content (AvgIpc) is 2.74. The number of halogens is 2. The normalized spacial score (nSPS) is 10.4. The smallest absolute Gasteiger partial charge is 0.0942 e. The summed E-state index contributed by atoms with van der Waals surface area (Å²) in [5.41, 5.74) is 0.905. The van der Waals surface area contributed by atoms with E-state index in [2.05, 4.69) is 10.3 Å². The average molecular weight is 273 g/mol. The maximum absolute atomic E-state index is 6.03. The monoisotopic (exact) mass is 272 g/mol. The third-order valence-electron chi connectivity index (χ3n) is 2.07. The van der Waals surface area contributed by atoms with Crippen LogP contribution in [-0.2, 0) is 6.42 Å². The van der Waals surface area contributed by atoms with Crippen LogP contribution >= 0.6 is 34.5 Å². The van der Waals surface area contributed by atoms with Gasteiger partial charge in [-0.25, -0.2) is 4.98 Å². The number of benzene rings is 1. The summed E-state index contributed by atoms with van der Waals surface area (Å²) in [6.45, 7) is 0.814.